The van der Waals surface area contributed by atoms with Gasteiger partial charge in [-0.2, -0.15) is 0 Å². The smallest absolute Gasteiger partial charge is 0.323 e. The monoisotopic (exact) mass is 296 g/mol. The lowest BCUT2D eigenvalue weighted by atomic mass is 10.2. The summed E-state index contributed by atoms with van der Waals surface area (Å²) < 4.78 is 0. The van der Waals surface area contributed by atoms with Crippen LogP contribution < -0.4 is 10.2 Å². The van der Waals surface area contributed by atoms with Gasteiger partial charge in [-0.25, -0.2) is 4.79 Å². The quantitative estimate of drug-likeness (QED) is 0.897. The summed E-state index contributed by atoms with van der Waals surface area (Å²) in [5.41, 5.74) is 0.595. The molecular weight excluding hydrogens is 280 g/mol. The highest BCUT2D eigenvalue weighted by molar-refractivity contribution is 6.30. The van der Waals surface area contributed by atoms with E-state index in [0.717, 1.165) is 6.42 Å². The number of hydrogen-bond acceptors (Lipinski definition) is 2. The number of nitrogens with one attached hydrogen (secondary N) is 1. The van der Waals surface area contributed by atoms with E-state index in [1.54, 1.807) is 24.3 Å². The minimum atomic E-state index is -1.06. The summed E-state index contributed by atoms with van der Waals surface area (Å²) in [5.74, 6) is -1.06. The Morgan fingerprint density at radius 3 is 2.40 bits per heavy atom. The van der Waals surface area contributed by atoms with Crippen molar-refractivity contribution >= 4 is 29.3 Å². The van der Waals surface area contributed by atoms with Gasteiger partial charge < -0.3 is 10.4 Å². The molecule has 1 saturated carbocycles. The average Bonchev–Trinajstić information content (AvgIpc) is 2.94. The van der Waals surface area contributed by atoms with E-state index in [1.165, 1.54) is 4.90 Å². The first-order valence-electron chi connectivity index (χ1n) is 6.35. The summed E-state index contributed by atoms with van der Waals surface area (Å²) in [5, 5.41) is 12.3. The third kappa shape index (κ3) is 3.42. The largest absolute Gasteiger partial charge is 0.480 e. The molecule has 0 heterocycles. The minimum absolute atomic E-state index is 0.0878. The number of urea groups is 1. The molecule has 1 atom stereocenters. The number of anilines is 1. The van der Waals surface area contributed by atoms with Gasteiger partial charge in [0.25, 0.3) is 0 Å². The van der Waals surface area contributed by atoms with Crippen LogP contribution in [-0.4, -0.2) is 29.7 Å². The zero-order valence-corrected chi connectivity index (χ0v) is 12.1. The van der Waals surface area contributed by atoms with Crippen molar-refractivity contribution in [3.8, 4) is 0 Å². The van der Waals surface area contributed by atoms with Crippen molar-refractivity contribution in [2.45, 2.75) is 26.3 Å². The fraction of sp³-hybridized carbons (Fsp3) is 0.429. The molecule has 0 saturated heterocycles. The second-order valence-corrected chi connectivity index (χ2v) is 6.09. The van der Waals surface area contributed by atoms with Crippen molar-refractivity contribution < 1.29 is 14.7 Å². The Labute approximate surface area is 122 Å². The number of carbonyl (C=O) groups is 2. The Morgan fingerprint density at radius 2 is 1.95 bits per heavy atom. The number of rotatable bonds is 4. The van der Waals surface area contributed by atoms with Crippen molar-refractivity contribution in [2.24, 2.45) is 5.41 Å². The molecular formula is C14H17ClN2O3. The van der Waals surface area contributed by atoms with E-state index in [0.29, 0.717) is 10.7 Å². The maximum absolute atomic E-state index is 12.2. The molecule has 5 nitrogen and oxygen atoms in total. The maximum atomic E-state index is 12.2. The SMILES string of the molecule is CC1(C)CC1NC(=O)N(CC(=O)O)c1ccc(Cl)cc1. The van der Waals surface area contributed by atoms with Crippen LogP contribution in [0.5, 0.6) is 0 Å². The summed E-state index contributed by atoms with van der Waals surface area (Å²) >= 11 is 5.80. The standard InChI is InChI=1S/C14H17ClN2O3/c1-14(2)7-11(14)16-13(20)17(8-12(18)19)10-5-3-9(15)4-6-10/h3-6,11H,7-8H2,1-2H3,(H,16,20)(H,18,19). The van der Waals surface area contributed by atoms with Gasteiger partial charge in [0.15, 0.2) is 0 Å². The van der Waals surface area contributed by atoms with Gasteiger partial charge in [0.2, 0.25) is 0 Å². The van der Waals surface area contributed by atoms with Crippen molar-refractivity contribution in [1.29, 1.82) is 0 Å². The van der Waals surface area contributed by atoms with Gasteiger partial charge in [-0.05, 0) is 36.1 Å². The molecule has 2 amide bonds. The van der Waals surface area contributed by atoms with E-state index in [9.17, 15) is 9.59 Å². The minimum Gasteiger partial charge on any atom is -0.480 e. The highest BCUT2D eigenvalue weighted by Crippen LogP contribution is 2.44. The fourth-order valence-corrected chi connectivity index (χ4v) is 2.10. The summed E-state index contributed by atoms with van der Waals surface area (Å²) in [6, 6.07) is 6.20. The molecule has 20 heavy (non-hydrogen) atoms. The Balaban J connectivity index is 2.12. The van der Waals surface area contributed by atoms with Crippen LogP contribution in [-0.2, 0) is 4.79 Å². The third-order valence-corrected chi connectivity index (χ3v) is 3.74. The molecule has 1 aliphatic rings. The molecule has 1 fully saturated rings. The summed E-state index contributed by atoms with van der Waals surface area (Å²) in [7, 11) is 0. The maximum Gasteiger partial charge on any atom is 0.323 e. The Bertz CT molecular complexity index is 528. The van der Waals surface area contributed by atoms with Crippen LogP contribution in [0.3, 0.4) is 0 Å². The molecule has 6 heteroatoms. The van der Waals surface area contributed by atoms with Crippen LogP contribution in [0.1, 0.15) is 20.3 Å². The molecule has 1 aromatic rings. The van der Waals surface area contributed by atoms with Crippen LogP contribution in [0.2, 0.25) is 5.02 Å². The summed E-state index contributed by atoms with van der Waals surface area (Å²) in [4.78, 5) is 24.4. The molecule has 0 bridgehead atoms. The predicted molar refractivity (Wildman–Crippen MR) is 77.2 cm³/mol. The number of hydrogen-bond donors (Lipinski definition) is 2. The van der Waals surface area contributed by atoms with Gasteiger partial charge in [-0.3, -0.25) is 9.69 Å². The second kappa shape index (κ2) is 5.32. The molecule has 2 N–H and O–H groups in total. The van der Waals surface area contributed by atoms with Crippen molar-refractivity contribution in [3.05, 3.63) is 29.3 Å². The van der Waals surface area contributed by atoms with Crippen LogP contribution in [0.25, 0.3) is 0 Å². The molecule has 0 aliphatic heterocycles. The molecule has 0 spiro atoms. The van der Waals surface area contributed by atoms with Gasteiger partial charge in [0.1, 0.15) is 6.54 Å². The van der Waals surface area contributed by atoms with E-state index < -0.39 is 12.0 Å². The lowest BCUT2D eigenvalue weighted by Crippen LogP contribution is -2.44. The number of amides is 2. The van der Waals surface area contributed by atoms with Gasteiger partial charge in [-0.1, -0.05) is 25.4 Å². The number of carboxylic acids is 1. The average molecular weight is 297 g/mol. The van der Waals surface area contributed by atoms with Gasteiger partial charge in [0, 0.05) is 16.8 Å². The van der Waals surface area contributed by atoms with Crippen LogP contribution in [0, 0.1) is 5.41 Å². The molecule has 0 aromatic heterocycles. The number of aliphatic carboxylic acids is 1. The van der Waals surface area contributed by atoms with E-state index in [1.807, 2.05) is 0 Å². The molecule has 108 valence electrons. The lowest BCUT2D eigenvalue weighted by molar-refractivity contribution is -0.135. The number of benzene rings is 1. The number of carbonyl (C=O) groups excluding carboxylic acids is 1. The van der Waals surface area contributed by atoms with Gasteiger partial charge in [-0.15, -0.1) is 0 Å². The van der Waals surface area contributed by atoms with E-state index in [-0.39, 0.29) is 18.0 Å². The van der Waals surface area contributed by atoms with Crippen molar-refractivity contribution in [3.63, 3.8) is 0 Å². The van der Waals surface area contributed by atoms with Crippen LogP contribution >= 0.6 is 11.6 Å². The first kappa shape index (κ1) is 14.7. The Morgan fingerprint density at radius 1 is 1.40 bits per heavy atom. The van der Waals surface area contributed by atoms with Crippen molar-refractivity contribution in [2.75, 3.05) is 11.4 Å². The predicted octanol–water partition coefficient (Wildman–Crippen LogP) is 2.74. The summed E-state index contributed by atoms with van der Waals surface area (Å²) in [6.45, 7) is 3.73. The zero-order valence-electron chi connectivity index (χ0n) is 11.4. The zero-order chi connectivity index (χ0) is 14.9. The van der Waals surface area contributed by atoms with Crippen LogP contribution in [0.15, 0.2) is 24.3 Å². The first-order valence-corrected chi connectivity index (χ1v) is 6.73. The highest BCUT2D eigenvalue weighted by atomic mass is 35.5. The molecule has 1 aromatic carbocycles. The molecule has 0 radical (unpaired) electrons. The summed E-state index contributed by atoms with van der Waals surface area (Å²) in [6.07, 6.45) is 0.903. The Hall–Kier alpha value is -1.75. The number of carboxylic acid groups (broad SMARTS) is 1. The normalized spacial score (nSPS) is 19.2. The van der Waals surface area contributed by atoms with E-state index in [4.69, 9.17) is 16.7 Å². The number of halogens is 1. The Kier molecular flexibility index (Phi) is 3.90. The fourth-order valence-electron chi connectivity index (χ4n) is 1.98. The van der Waals surface area contributed by atoms with E-state index in [2.05, 4.69) is 19.2 Å². The second-order valence-electron chi connectivity index (χ2n) is 5.65. The van der Waals surface area contributed by atoms with Gasteiger partial charge >= 0.3 is 12.0 Å². The number of nitrogens with zero attached hydrogens (tertiary/aromatic N) is 1. The first-order chi connectivity index (χ1) is 9.29. The van der Waals surface area contributed by atoms with Crippen LogP contribution in [0.4, 0.5) is 10.5 Å². The molecule has 1 aliphatic carbocycles. The van der Waals surface area contributed by atoms with Crippen molar-refractivity contribution in [1.82, 2.24) is 5.32 Å². The lowest BCUT2D eigenvalue weighted by Gasteiger charge is -2.22. The molecule has 2 rings (SSSR count). The van der Waals surface area contributed by atoms with E-state index >= 15 is 0 Å². The van der Waals surface area contributed by atoms with Gasteiger partial charge in [0.05, 0.1) is 0 Å². The highest BCUT2D eigenvalue weighted by Gasteiger charge is 2.47. The topological polar surface area (TPSA) is 69.6 Å². The molecule has 1 unspecified atom stereocenters. The third-order valence-electron chi connectivity index (χ3n) is 3.49.